The Morgan fingerprint density at radius 1 is 1.35 bits per heavy atom. The van der Waals surface area contributed by atoms with E-state index in [0.717, 1.165) is 25.0 Å². The summed E-state index contributed by atoms with van der Waals surface area (Å²) in [4.78, 5) is 0. The van der Waals surface area contributed by atoms with Gasteiger partial charge in [-0.3, -0.25) is 5.10 Å². The van der Waals surface area contributed by atoms with E-state index >= 15 is 0 Å². The van der Waals surface area contributed by atoms with Crippen LogP contribution in [0.3, 0.4) is 0 Å². The van der Waals surface area contributed by atoms with Gasteiger partial charge in [0.2, 0.25) is 4.77 Å². The van der Waals surface area contributed by atoms with Gasteiger partial charge in [-0.2, -0.15) is 14.9 Å². The lowest BCUT2D eigenvalue weighted by Gasteiger charge is -2.08. The van der Waals surface area contributed by atoms with E-state index in [1.165, 1.54) is 0 Å². The van der Waals surface area contributed by atoms with E-state index in [1.54, 1.807) is 31.2 Å². The topological polar surface area (TPSA) is 73.7 Å². The number of H-pyrrole nitrogens is 1. The quantitative estimate of drug-likeness (QED) is 0.672. The molecule has 0 unspecified atom stereocenters. The third-order valence-corrected chi connectivity index (χ3v) is 3.85. The highest BCUT2D eigenvalue weighted by molar-refractivity contribution is 7.71. The molecule has 8 heteroatoms. The van der Waals surface area contributed by atoms with Crippen molar-refractivity contribution in [3.63, 3.8) is 0 Å². The number of aromatic nitrogens is 3. The van der Waals surface area contributed by atoms with E-state index < -0.39 is 0 Å². The molecule has 23 heavy (non-hydrogen) atoms. The molecule has 122 valence electrons. The first-order valence-electron chi connectivity index (χ1n) is 7.27. The second-order valence-corrected chi connectivity index (χ2v) is 5.48. The summed E-state index contributed by atoms with van der Waals surface area (Å²) < 4.78 is 18.2. The lowest BCUT2D eigenvalue weighted by atomic mass is 10.2. The van der Waals surface area contributed by atoms with Gasteiger partial charge in [-0.15, -0.1) is 0 Å². The van der Waals surface area contributed by atoms with Crippen LogP contribution in [0.15, 0.2) is 23.3 Å². The number of hydrogen-bond donors (Lipinski definition) is 1. The molecule has 0 radical (unpaired) electrons. The highest BCUT2D eigenvalue weighted by Crippen LogP contribution is 2.27. The Kier molecular flexibility index (Phi) is 4.73. The Hall–Kier alpha value is -2.19. The molecule has 0 saturated carbocycles. The van der Waals surface area contributed by atoms with E-state index in [1.807, 2.05) is 12.1 Å². The Morgan fingerprint density at radius 2 is 2.09 bits per heavy atom. The van der Waals surface area contributed by atoms with Crippen molar-refractivity contribution < 1.29 is 14.2 Å². The number of nitrogens with one attached hydrogen (secondary N) is 1. The highest BCUT2D eigenvalue weighted by Gasteiger charge is 2.23. The van der Waals surface area contributed by atoms with Gasteiger partial charge in [-0.1, -0.05) is 0 Å². The molecular formula is C15H18N4O3S. The molecule has 0 bridgehead atoms. The molecule has 1 saturated heterocycles. The fourth-order valence-electron chi connectivity index (χ4n) is 2.43. The van der Waals surface area contributed by atoms with E-state index in [9.17, 15) is 0 Å². The molecule has 1 aliphatic heterocycles. The lowest BCUT2D eigenvalue weighted by Crippen LogP contribution is -2.05. The number of methoxy groups -OCH3 is 2. The molecule has 2 aromatic rings. The van der Waals surface area contributed by atoms with Gasteiger partial charge in [-0.25, -0.2) is 0 Å². The maximum atomic E-state index is 5.65. The van der Waals surface area contributed by atoms with Crippen molar-refractivity contribution in [3.8, 4) is 11.5 Å². The molecule has 2 heterocycles. The summed E-state index contributed by atoms with van der Waals surface area (Å²) in [6.45, 7) is 0.737. The van der Waals surface area contributed by atoms with Crippen LogP contribution in [0.1, 0.15) is 30.3 Å². The molecule has 0 spiro atoms. The number of rotatable bonds is 5. The molecule has 1 aromatic heterocycles. The lowest BCUT2D eigenvalue weighted by molar-refractivity contribution is 0.102. The minimum absolute atomic E-state index is 0.0695. The van der Waals surface area contributed by atoms with Crippen molar-refractivity contribution in [2.45, 2.75) is 18.9 Å². The molecule has 0 aliphatic carbocycles. The summed E-state index contributed by atoms with van der Waals surface area (Å²) in [7, 11) is 3.22. The summed E-state index contributed by atoms with van der Waals surface area (Å²) in [5.41, 5.74) is 0.836. The third kappa shape index (κ3) is 3.43. The summed E-state index contributed by atoms with van der Waals surface area (Å²) in [5, 5.41) is 11.4. The van der Waals surface area contributed by atoms with Gasteiger partial charge in [-0.05, 0) is 37.2 Å². The molecule has 3 rings (SSSR count). The van der Waals surface area contributed by atoms with Crippen LogP contribution < -0.4 is 9.47 Å². The van der Waals surface area contributed by atoms with Crippen molar-refractivity contribution in [1.29, 1.82) is 0 Å². The number of aromatic amines is 1. The fraction of sp³-hybridized carbons (Fsp3) is 0.400. The maximum absolute atomic E-state index is 5.65. The van der Waals surface area contributed by atoms with Gasteiger partial charge in [0.15, 0.2) is 5.82 Å². The van der Waals surface area contributed by atoms with Crippen LogP contribution in [0.5, 0.6) is 11.5 Å². The van der Waals surface area contributed by atoms with Crippen LogP contribution in [0.2, 0.25) is 0 Å². The molecule has 1 aromatic carbocycles. The minimum atomic E-state index is -0.0695. The minimum Gasteiger partial charge on any atom is -0.497 e. The zero-order valence-electron chi connectivity index (χ0n) is 13.0. The standard InChI is InChI=1S/C15H18N4O3S/c1-20-11-6-10(7-12(8-11)21-2)9-16-19-14(17-18-15(19)23)13-4-3-5-22-13/h6-9,13H,3-5H2,1-2H3,(H,18,23)/b16-9-/t13-/m1/s1. The monoisotopic (exact) mass is 334 g/mol. The zero-order chi connectivity index (χ0) is 16.2. The number of benzene rings is 1. The third-order valence-electron chi connectivity index (χ3n) is 3.59. The molecule has 1 N–H and O–H groups in total. The molecular weight excluding hydrogens is 316 g/mol. The Balaban J connectivity index is 1.91. The van der Waals surface area contributed by atoms with Crippen molar-refractivity contribution in [3.05, 3.63) is 34.4 Å². The van der Waals surface area contributed by atoms with Crippen LogP contribution in [0.4, 0.5) is 0 Å². The van der Waals surface area contributed by atoms with Crippen LogP contribution in [0.25, 0.3) is 0 Å². The highest BCUT2D eigenvalue weighted by atomic mass is 32.1. The van der Waals surface area contributed by atoms with Crippen LogP contribution in [-0.2, 0) is 4.74 Å². The van der Waals surface area contributed by atoms with E-state index in [-0.39, 0.29) is 6.10 Å². The zero-order valence-corrected chi connectivity index (χ0v) is 13.8. The number of hydrogen-bond acceptors (Lipinski definition) is 6. The average molecular weight is 334 g/mol. The number of nitrogens with zero attached hydrogens (tertiary/aromatic N) is 3. The van der Waals surface area contributed by atoms with Crippen molar-refractivity contribution in [2.24, 2.45) is 5.10 Å². The summed E-state index contributed by atoms with van der Waals surface area (Å²) in [5.74, 6) is 2.08. The summed E-state index contributed by atoms with van der Waals surface area (Å²) in [6, 6.07) is 5.53. The predicted molar refractivity (Wildman–Crippen MR) is 87.9 cm³/mol. The van der Waals surface area contributed by atoms with Gasteiger partial charge in [0.25, 0.3) is 0 Å². The van der Waals surface area contributed by atoms with Gasteiger partial charge in [0, 0.05) is 18.2 Å². The average Bonchev–Trinajstić information content (AvgIpc) is 3.22. The summed E-state index contributed by atoms with van der Waals surface area (Å²) >= 11 is 5.25. The fourth-order valence-corrected chi connectivity index (χ4v) is 2.62. The normalized spacial score (nSPS) is 17.7. The van der Waals surface area contributed by atoms with Crippen LogP contribution >= 0.6 is 12.2 Å². The Bertz CT molecular complexity index is 740. The Morgan fingerprint density at radius 3 is 2.70 bits per heavy atom. The van der Waals surface area contributed by atoms with Crippen molar-refractivity contribution >= 4 is 18.4 Å². The van der Waals surface area contributed by atoms with E-state index in [4.69, 9.17) is 26.4 Å². The predicted octanol–water partition coefficient (Wildman–Crippen LogP) is 2.69. The largest absolute Gasteiger partial charge is 0.497 e. The van der Waals surface area contributed by atoms with Crippen molar-refractivity contribution in [1.82, 2.24) is 14.9 Å². The second kappa shape index (κ2) is 6.93. The van der Waals surface area contributed by atoms with E-state index in [0.29, 0.717) is 22.1 Å². The number of ether oxygens (including phenoxy) is 3. The molecule has 1 aliphatic rings. The molecule has 1 fully saturated rings. The second-order valence-electron chi connectivity index (χ2n) is 5.09. The smallest absolute Gasteiger partial charge is 0.216 e. The van der Waals surface area contributed by atoms with Crippen molar-refractivity contribution in [2.75, 3.05) is 20.8 Å². The first kappa shape index (κ1) is 15.7. The molecule has 1 atom stereocenters. The SMILES string of the molecule is COc1cc(/C=N\n2c([C@H]3CCCO3)n[nH]c2=S)cc(OC)c1. The first-order chi connectivity index (χ1) is 11.2. The van der Waals surface area contributed by atoms with Gasteiger partial charge in [0.05, 0.1) is 20.4 Å². The van der Waals surface area contributed by atoms with Crippen LogP contribution in [-0.4, -0.2) is 41.9 Å². The Labute approximate surface area is 138 Å². The van der Waals surface area contributed by atoms with Gasteiger partial charge in [0.1, 0.15) is 17.6 Å². The first-order valence-corrected chi connectivity index (χ1v) is 7.68. The maximum Gasteiger partial charge on any atom is 0.216 e. The van der Waals surface area contributed by atoms with E-state index in [2.05, 4.69) is 15.3 Å². The molecule has 7 nitrogen and oxygen atoms in total. The van der Waals surface area contributed by atoms with Gasteiger partial charge < -0.3 is 14.2 Å². The summed E-state index contributed by atoms with van der Waals surface area (Å²) in [6.07, 6.45) is 3.55. The van der Waals surface area contributed by atoms with Crippen LogP contribution in [0, 0.1) is 4.77 Å². The molecule has 0 amide bonds. The van der Waals surface area contributed by atoms with Gasteiger partial charge >= 0.3 is 0 Å².